The zero-order valence-electron chi connectivity index (χ0n) is 11.0. The van der Waals surface area contributed by atoms with Crippen molar-refractivity contribution < 1.29 is 10.2 Å². The second-order valence-electron chi connectivity index (χ2n) is 4.89. The molecule has 0 aliphatic heterocycles. The Labute approximate surface area is 103 Å². The van der Waals surface area contributed by atoms with Crippen LogP contribution in [0, 0.1) is 0 Å². The van der Waals surface area contributed by atoms with Crippen molar-refractivity contribution in [3.8, 4) is 0 Å². The van der Waals surface area contributed by atoms with Gasteiger partial charge in [-0.2, -0.15) is 0 Å². The SMILES string of the molecule is CC[C@H](O)c1ccc(N(C)C(C)(C)CO)cn1. The average molecular weight is 238 g/mol. The van der Waals surface area contributed by atoms with Gasteiger partial charge in [-0.1, -0.05) is 6.92 Å². The summed E-state index contributed by atoms with van der Waals surface area (Å²) in [6, 6.07) is 3.74. The normalized spacial score (nSPS) is 13.5. The molecule has 1 rings (SSSR count). The fourth-order valence-electron chi connectivity index (χ4n) is 1.46. The molecule has 0 saturated heterocycles. The monoisotopic (exact) mass is 238 g/mol. The Balaban J connectivity index is 2.88. The zero-order chi connectivity index (χ0) is 13.1. The summed E-state index contributed by atoms with van der Waals surface area (Å²) in [5, 5.41) is 19.0. The second kappa shape index (κ2) is 5.47. The molecule has 1 aromatic rings. The second-order valence-corrected chi connectivity index (χ2v) is 4.89. The molecule has 4 nitrogen and oxygen atoms in total. The molecule has 1 heterocycles. The van der Waals surface area contributed by atoms with E-state index >= 15 is 0 Å². The van der Waals surface area contributed by atoms with Gasteiger partial charge in [-0.3, -0.25) is 4.98 Å². The number of aliphatic hydroxyl groups excluding tert-OH is 2. The summed E-state index contributed by atoms with van der Waals surface area (Å²) in [6.45, 7) is 5.91. The van der Waals surface area contributed by atoms with Gasteiger partial charge in [0.2, 0.25) is 0 Å². The van der Waals surface area contributed by atoms with Crippen LogP contribution >= 0.6 is 0 Å². The van der Waals surface area contributed by atoms with Crippen molar-refractivity contribution >= 4 is 5.69 Å². The van der Waals surface area contributed by atoms with Crippen LogP contribution in [0.5, 0.6) is 0 Å². The van der Waals surface area contributed by atoms with E-state index in [0.29, 0.717) is 12.1 Å². The lowest BCUT2D eigenvalue weighted by Gasteiger charge is -2.35. The summed E-state index contributed by atoms with van der Waals surface area (Å²) in [7, 11) is 1.92. The molecule has 0 amide bonds. The van der Waals surface area contributed by atoms with Crippen molar-refractivity contribution in [2.24, 2.45) is 0 Å². The van der Waals surface area contributed by atoms with Gasteiger partial charge in [0.15, 0.2) is 0 Å². The molecule has 1 aromatic heterocycles. The molecule has 96 valence electrons. The number of nitrogens with zero attached hydrogens (tertiary/aromatic N) is 2. The maximum absolute atomic E-state index is 9.65. The Hall–Kier alpha value is -1.13. The highest BCUT2D eigenvalue weighted by atomic mass is 16.3. The third-order valence-electron chi connectivity index (χ3n) is 3.18. The van der Waals surface area contributed by atoms with Crippen molar-refractivity contribution in [1.29, 1.82) is 0 Å². The summed E-state index contributed by atoms with van der Waals surface area (Å²) in [5.41, 5.74) is 1.29. The van der Waals surface area contributed by atoms with E-state index in [-0.39, 0.29) is 12.1 Å². The van der Waals surface area contributed by atoms with Crippen molar-refractivity contribution in [2.75, 3.05) is 18.6 Å². The fourth-order valence-corrected chi connectivity index (χ4v) is 1.46. The van der Waals surface area contributed by atoms with E-state index in [2.05, 4.69) is 4.98 Å². The van der Waals surface area contributed by atoms with E-state index < -0.39 is 6.10 Å². The molecular weight excluding hydrogens is 216 g/mol. The smallest absolute Gasteiger partial charge is 0.0957 e. The molecule has 0 radical (unpaired) electrons. The minimum Gasteiger partial charge on any atom is -0.394 e. The van der Waals surface area contributed by atoms with Crippen LogP contribution in [0.1, 0.15) is 39.0 Å². The molecule has 1 atom stereocenters. The third kappa shape index (κ3) is 3.17. The van der Waals surface area contributed by atoms with Crippen molar-refractivity contribution in [2.45, 2.75) is 38.8 Å². The molecular formula is C13H22N2O2. The molecule has 0 saturated carbocycles. The van der Waals surface area contributed by atoms with E-state index in [1.807, 2.05) is 44.9 Å². The summed E-state index contributed by atoms with van der Waals surface area (Å²) in [4.78, 5) is 6.22. The van der Waals surface area contributed by atoms with Gasteiger partial charge in [-0.05, 0) is 32.4 Å². The minimum absolute atomic E-state index is 0.0723. The van der Waals surface area contributed by atoms with Crippen LogP contribution in [-0.4, -0.2) is 34.4 Å². The van der Waals surface area contributed by atoms with Crippen LogP contribution in [0.25, 0.3) is 0 Å². The van der Waals surface area contributed by atoms with E-state index in [1.54, 1.807) is 6.20 Å². The largest absolute Gasteiger partial charge is 0.394 e. The van der Waals surface area contributed by atoms with Gasteiger partial charge in [0.25, 0.3) is 0 Å². The zero-order valence-corrected chi connectivity index (χ0v) is 11.0. The number of anilines is 1. The Morgan fingerprint density at radius 3 is 2.47 bits per heavy atom. The van der Waals surface area contributed by atoms with Gasteiger partial charge in [0.05, 0.1) is 35.8 Å². The summed E-state index contributed by atoms with van der Waals surface area (Å²) in [6.07, 6.45) is 1.89. The van der Waals surface area contributed by atoms with Crippen LogP contribution in [-0.2, 0) is 0 Å². The molecule has 0 fully saturated rings. The predicted octanol–water partition coefficient (Wildman–Crippen LogP) is 1.73. The van der Waals surface area contributed by atoms with E-state index in [9.17, 15) is 10.2 Å². The number of rotatable bonds is 5. The molecule has 0 aliphatic carbocycles. The lowest BCUT2D eigenvalue weighted by atomic mass is 10.0. The highest BCUT2D eigenvalue weighted by Crippen LogP contribution is 2.22. The van der Waals surface area contributed by atoms with Gasteiger partial charge in [0.1, 0.15) is 0 Å². The summed E-state index contributed by atoms with van der Waals surface area (Å²) < 4.78 is 0. The first-order chi connectivity index (χ1) is 7.92. The van der Waals surface area contributed by atoms with E-state index in [0.717, 1.165) is 5.69 Å². The van der Waals surface area contributed by atoms with Gasteiger partial charge < -0.3 is 15.1 Å². The quantitative estimate of drug-likeness (QED) is 0.820. The highest BCUT2D eigenvalue weighted by molar-refractivity contribution is 5.46. The van der Waals surface area contributed by atoms with E-state index in [4.69, 9.17) is 0 Å². The third-order valence-corrected chi connectivity index (χ3v) is 3.18. The van der Waals surface area contributed by atoms with Gasteiger partial charge in [0, 0.05) is 7.05 Å². The molecule has 0 bridgehead atoms. The number of likely N-dealkylation sites (N-methyl/N-ethyl adjacent to an activating group) is 1. The van der Waals surface area contributed by atoms with Crippen LogP contribution in [0.2, 0.25) is 0 Å². The average Bonchev–Trinajstić information content (AvgIpc) is 2.37. The number of hydrogen-bond acceptors (Lipinski definition) is 4. The van der Waals surface area contributed by atoms with Crippen LogP contribution < -0.4 is 4.90 Å². The number of hydrogen-bond donors (Lipinski definition) is 2. The van der Waals surface area contributed by atoms with Gasteiger partial charge in [-0.15, -0.1) is 0 Å². The molecule has 4 heteroatoms. The van der Waals surface area contributed by atoms with Crippen LogP contribution in [0.15, 0.2) is 18.3 Å². The fraction of sp³-hybridized carbons (Fsp3) is 0.615. The molecule has 2 N–H and O–H groups in total. The molecule has 0 spiro atoms. The Morgan fingerprint density at radius 1 is 1.41 bits per heavy atom. The topological polar surface area (TPSA) is 56.6 Å². The minimum atomic E-state index is -0.500. The lowest BCUT2D eigenvalue weighted by Crippen LogP contribution is -2.44. The number of pyridine rings is 1. The highest BCUT2D eigenvalue weighted by Gasteiger charge is 2.23. The standard InChI is InChI=1S/C13H22N2O2/c1-5-12(17)11-7-6-10(8-14-11)15(4)13(2,3)9-16/h6-8,12,16-17H,5,9H2,1-4H3/t12-/m0/s1. The maximum atomic E-state index is 9.65. The van der Waals surface area contributed by atoms with Crippen LogP contribution in [0.4, 0.5) is 5.69 Å². The maximum Gasteiger partial charge on any atom is 0.0957 e. The molecule has 17 heavy (non-hydrogen) atoms. The van der Waals surface area contributed by atoms with Crippen molar-refractivity contribution in [3.05, 3.63) is 24.0 Å². The molecule has 0 unspecified atom stereocenters. The Kier molecular flexibility index (Phi) is 4.48. The molecule has 0 aromatic carbocycles. The predicted molar refractivity (Wildman–Crippen MR) is 69.1 cm³/mol. The summed E-state index contributed by atoms with van der Waals surface area (Å²) in [5.74, 6) is 0. The Morgan fingerprint density at radius 2 is 2.06 bits per heavy atom. The number of aromatic nitrogens is 1. The lowest BCUT2D eigenvalue weighted by molar-refractivity contribution is 0.169. The number of aliphatic hydroxyl groups is 2. The van der Waals surface area contributed by atoms with E-state index in [1.165, 1.54) is 0 Å². The van der Waals surface area contributed by atoms with Crippen molar-refractivity contribution in [1.82, 2.24) is 4.98 Å². The molecule has 0 aliphatic rings. The van der Waals surface area contributed by atoms with Gasteiger partial charge >= 0.3 is 0 Å². The first-order valence-electron chi connectivity index (χ1n) is 5.91. The summed E-state index contributed by atoms with van der Waals surface area (Å²) >= 11 is 0. The van der Waals surface area contributed by atoms with Crippen LogP contribution in [0.3, 0.4) is 0 Å². The van der Waals surface area contributed by atoms with Crippen molar-refractivity contribution in [3.63, 3.8) is 0 Å². The first-order valence-corrected chi connectivity index (χ1v) is 5.91. The van der Waals surface area contributed by atoms with Gasteiger partial charge in [-0.25, -0.2) is 0 Å². The Bertz CT molecular complexity index is 349. The first kappa shape index (κ1) is 13.9.